The highest BCUT2D eigenvalue weighted by Crippen LogP contribution is 2.34. The number of benzene rings is 3. The van der Waals surface area contributed by atoms with Crippen molar-refractivity contribution in [2.24, 2.45) is 0 Å². The normalized spacial score (nSPS) is 10.7. The molecule has 0 radical (unpaired) electrons. The molecule has 0 bridgehead atoms. The Morgan fingerprint density at radius 3 is 2.45 bits per heavy atom. The molecule has 0 fully saturated rings. The Morgan fingerprint density at radius 1 is 0.935 bits per heavy atom. The third-order valence-electron chi connectivity index (χ3n) is 4.85. The van der Waals surface area contributed by atoms with Gasteiger partial charge in [-0.3, -0.25) is 0 Å². The number of ether oxygens (including phenoxy) is 3. The lowest BCUT2D eigenvalue weighted by molar-refractivity contribution is 0.279. The van der Waals surface area contributed by atoms with Crippen molar-refractivity contribution < 1.29 is 18.6 Å². The monoisotopic (exact) mass is 507 g/mol. The summed E-state index contributed by atoms with van der Waals surface area (Å²) >= 11 is 9.67. The zero-order valence-corrected chi connectivity index (χ0v) is 19.7. The van der Waals surface area contributed by atoms with E-state index in [0.29, 0.717) is 28.6 Å². The second kappa shape index (κ2) is 11.4. The van der Waals surface area contributed by atoms with Gasteiger partial charge in [-0.05, 0) is 54.4 Å². The summed E-state index contributed by atoms with van der Waals surface area (Å²) in [7, 11) is 3.25. The van der Waals surface area contributed by atoms with E-state index in [1.807, 2.05) is 30.3 Å². The van der Waals surface area contributed by atoms with Crippen LogP contribution in [0.5, 0.6) is 17.2 Å². The van der Waals surface area contributed by atoms with Crippen LogP contribution >= 0.6 is 27.5 Å². The van der Waals surface area contributed by atoms with Crippen LogP contribution in [0.25, 0.3) is 0 Å². The molecule has 3 aromatic rings. The smallest absolute Gasteiger partial charge is 0.162 e. The average molecular weight is 509 g/mol. The molecule has 0 aliphatic carbocycles. The molecule has 0 saturated carbocycles. The number of nitrogens with one attached hydrogen (secondary N) is 1. The van der Waals surface area contributed by atoms with Crippen molar-refractivity contribution in [1.29, 1.82) is 0 Å². The van der Waals surface area contributed by atoms with Gasteiger partial charge in [0.25, 0.3) is 0 Å². The van der Waals surface area contributed by atoms with E-state index in [9.17, 15) is 4.39 Å². The predicted octanol–water partition coefficient (Wildman–Crippen LogP) is 6.17. The van der Waals surface area contributed by atoms with Crippen molar-refractivity contribution in [3.8, 4) is 17.2 Å². The quantitative estimate of drug-likeness (QED) is 0.333. The van der Waals surface area contributed by atoms with Crippen molar-refractivity contribution in [1.82, 2.24) is 5.32 Å². The minimum Gasteiger partial charge on any atom is -0.496 e. The van der Waals surface area contributed by atoms with E-state index >= 15 is 0 Å². The highest BCUT2D eigenvalue weighted by Gasteiger charge is 2.13. The minimum atomic E-state index is -0.401. The van der Waals surface area contributed by atoms with Gasteiger partial charge in [0.05, 0.1) is 19.2 Å². The lowest BCUT2D eigenvalue weighted by atomic mass is 10.1. The summed E-state index contributed by atoms with van der Waals surface area (Å²) in [5.74, 6) is 1.56. The Labute approximate surface area is 195 Å². The lowest BCUT2D eigenvalue weighted by Crippen LogP contribution is -2.17. The van der Waals surface area contributed by atoms with Crippen LogP contribution in [0.1, 0.15) is 16.7 Å². The highest BCUT2D eigenvalue weighted by atomic mass is 79.9. The molecule has 0 aromatic heterocycles. The number of rotatable bonds is 10. The van der Waals surface area contributed by atoms with Crippen LogP contribution in [0.15, 0.2) is 59.1 Å². The molecule has 3 rings (SSSR count). The fourth-order valence-corrected chi connectivity index (χ4v) is 3.84. The third-order valence-corrected chi connectivity index (χ3v) is 5.94. The number of methoxy groups -OCH3 is 2. The molecule has 0 heterocycles. The lowest BCUT2D eigenvalue weighted by Gasteiger charge is -2.15. The van der Waals surface area contributed by atoms with E-state index in [1.54, 1.807) is 26.4 Å². The molecule has 0 amide bonds. The van der Waals surface area contributed by atoms with Gasteiger partial charge in [-0.1, -0.05) is 51.8 Å². The van der Waals surface area contributed by atoms with Crippen LogP contribution in [-0.2, 0) is 19.6 Å². The summed E-state index contributed by atoms with van der Waals surface area (Å²) in [6.45, 7) is 1.44. The molecule has 0 aliphatic heterocycles. The summed E-state index contributed by atoms with van der Waals surface area (Å²) in [6.07, 6.45) is 0.851. The average Bonchev–Trinajstić information content (AvgIpc) is 2.77. The second-order valence-electron chi connectivity index (χ2n) is 6.82. The number of hydrogen-bond donors (Lipinski definition) is 1. The van der Waals surface area contributed by atoms with Gasteiger partial charge in [-0.2, -0.15) is 0 Å². The Bertz CT molecular complexity index is 1010. The fraction of sp³-hybridized carbons (Fsp3) is 0.250. The van der Waals surface area contributed by atoms with Crippen LogP contribution in [0.2, 0.25) is 5.02 Å². The fourth-order valence-electron chi connectivity index (χ4n) is 3.16. The summed E-state index contributed by atoms with van der Waals surface area (Å²) in [4.78, 5) is 0. The molecule has 7 heteroatoms. The molecule has 0 spiro atoms. The molecule has 0 unspecified atom stereocenters. The third kappa shape index (κ3) is 6.12. The SMILES string of the molecule is COc1ccccc1CCNCc1cc(OC)c(OCc2c(F)cccc2Cl)cc1Br. The van der Waals surface area contributed by atoms with Crippen molar-refractivity contribution in [2.45, 2.75) is 19.6 Å². The van der Waals surface area contributed by atoms with Gasteiger partial charge in [0, 0.05) is 16.6 Å². The largest absolute Gasteiger partial charge is 0.496 e. The van der Waals surface area contributed by atoms with E-state index in [0.717, 1.165) is 34.3 Å². The first-order chi connectivity index (χ1) is 15.0. The summed E-state index contributed by atoms with van der Waals surface area (Å²) in [5, 5.41) is 3.76. The Kier molecular flexibility index (Phi) is 8.58. The van der Waals surface area contributed by atoms with Gasteiger partial charge in [0.1, 0.15) is 18.2 Å². The van der Waals surface area contributed by atoms with E-state index in [4.69, 9.17) is 25.8 Å². The summed E-state index contributed by atoms with van der Waals surface area (Å²) in [5.41, 5.74) is 2.49. The zero-order valence-electron chi connectivity index (χ0n) is 17.4. The molecule has 0 aliphatic rings. The number of para-hydroxylation sites is 1. The molecular formula is C24H24BrClFNO3. The van der Waals surface area contributed by atoms with Crippen LogP contribution in [0.3, 0.4) is 0 Å². The van der Waals surface area contributed by atoms with E-state index < -0.39 is 5.82 Å². The van der Waals surface area contributed by atoms with Crippen LogP contribution < -0.4 is 19.5 Å². The molecule has 0 saturated heterocycles. The van der Waals surface area contributed by atoms with E-state index in [1.165, 1.54) is 6.07 Å². The van der Waals surface area contributed by atoms with Gasteiger partial charge in [-0.25, -0.2) is 4.39 Å². The highest BCUT2D eigenvalue weighted by molar-refractivity contribution is 9.10. The van der Waals surface area contributed by atoms with Crippen molar-refractivity contribution in [2.75, 3.05) is 20.8 Å². The van der Waals surface area contributed by atoms with Gasteiger partial charge in [0.15, 0.2) is 11.5 Å². The number of hydrogen-bond acceptors (Lipinski definition) is 4. The Morgan fingerprint density at radius 2 is 1.71 bits per heavy atom. The topological polar surface area (TPSA) is 39.7 Å². The molecule has 1 N–H and O–H groups in total. The molecular weight excluding hydrogens is 485 g/mol. The van der Waals surface area contributed by atoms with Crippen molar-refractivity contribution in [3.63, 3.8) is 0 Å². The van der Waals surface area contributed by atoms with E-state index in [2.05, 4.69) is 27.3 Å². The maximum atomic E-state index is 14.0. The minimum absolute atomic E-state index is 0.00477. The summed E-state index contributed by atoms with van der Waals surface area (Å²) in [6, 6.07) is 16.3. The molecule has 164 valence electrons. The maximum Gasteiger partial charge on any atom is 0.162 e. The molecule has 31 heavy (non-hydrogen) atoms. The first-order valence-electron chi connectivity index (χ1n) is 9.78. The maximum absolute atomic E-state index is 14.0. The summed E-state index contributed by atoms with van der Waals surface area (Å²) < 4.78 is 31.6. The second-order valence-corrected chi connectivity index (χ2v) is 8.08. The Hall–Kier alpha value is -2.28. The zero-order chi connectivity index (χ0) is 22.2. The standard InChI is InChI=1S/C24H24BrClFNO3/c1-29-22-9-4-3-6-16(22)10-11-28-14-17-12-23(30-2)24(13-19(17)25)31-15-18-20(26)7-5-8-21(18)27/h3-9,12-13,28H,10-11,14-15H2,1-2H3. The van der Waals surface area contributed by atoms with Gasteiger partial charge in [0.2, 0.25) is 0 Å². The van der Waals surface area contributed by atoms with E-state index in [-0.39, 0.29) is 6.61 Å². The molecule has 4 nitrogen and oxygen atoms in total. The van der Waals surface area contributed by atoms with Gasteiger partial charge in [-0.15, -0.1) is 0 Å². The van der Waals surface area contributed by atoms with Crippen LogP contribution in [0, 0.1) is 5.82 Å². The predicted molar refractivity (Wildman–Crippen MR) is 125 cm³/mol. The molecule has 0 atom stereocenters. The first-order valence-corrected chi connectivity index (χ1v) is 10.9. The molecule has 3 aromatic carbocycles. The van der Waals surface area contributed by atoms with Crippen molar-refractivity contribution >= 4 is 27.5 Å². The number of halogens is 3. The van der Waals surface area contributed by atoms with Gasteiger partial charge >= 0.3 is 0 Å². The Balaban J connectivity index is 1.62. The van der Waals surface area contributed by atoms with Gasteiger partial charge < -0.3 is 19.5 Å². The van der Waals surface area contributed by atoms with Crippen molar-refractivity contribution in [3.05, 3.63) is 86.6 Å². The van der Waals surface area contributed by atoms with Crippen LogP contribution in [-0.4, -0.2) is 20.8 Å². The van der Waals surface area contributed by atoms with Crippen LogP contribution in [0.4, 0.5) is 4.39 Å². The first kappa shape index (κ1) is 23.4.